The quantitative estimate of drug-likeness (QED) is 0.653. The molecule has 3 aromatic rings. The van der Waals surface area contributed by atoms with E-state index in [1.807, 2.05) is 30.3 Å². The third kappa shape index (κ3) is 4.44. The molecule has 1 aliphatic heterocycles. The number of amides is 1. The third-order valence-electron chi connectivity index (χ3n) is 5.12. The lowest BCUT2D eigenvalue weighted by Crippen LogP contribution is -2.35. The SMILES string of the molecule is O=C(NCc1cc(-c2ccccc2)on1)c1ccc(S(=O)(=O)N2CCCCC2)cc1. The fraction of sp³-hybridized carbons (Fsp3) is 0.273. The molecule has 156 valence electrons. The number of hydrogen-bond donors (Lipinski definition) is 1. The Morgan fingerprint density at radius 1 is 1.00 bits per heavy atom. The number of carbonyl (C=O) groups excluding carboxylic acids is 1. The number of nitrogens with zero attached hydrogens (tertiary/aromatic N) is 2. The average molecular weight is 426 g/mol. The van der Waals surface area contributed by atoms with Crippen molar-refractivity contribution >= 4 is 15.9 Å². The minimum absolute atomic E-state index is 0.211. The molecule has 30 heavy (non-hydrogen) atoms. The second-order valence-corrected chi connectivity index (χ2v) is 9.16. The topological polar surface area (TPSA) is 92.5 Å². The summed E-state index contributed by atoms with van der Waals surface area (Å²) in [6.07, 6.45) is 2.82. The Balaban J connectivity index is 1.38. The average Bonchev–Trinajstić information content (AvgIpc) is 3.28. The highest BCUT2D eigenvalue weighted by Crippen LogP contribution is 2.21. The van der Waals surface area contributed by atoms with Gasteiger partial charge in [-0.1, -0.05) is 41.9 Å². The molecule has 2 heterocycles. The molecule has 8 heteroatoms. The highest BCUT2D eigenvalue weighted by molar-refractivity contribution is 7.89. The fourth-order valence-electron chi connectivity index (χ4n) is 3.44. The maximum absolute atomic E-state index is 12.7. The van der Waals surface area contributed by atoms with Gasteiger partial charge in [0.15, 0.2) is 5.76 Å². The summed E-state index contributed by atoms with van der Waals surface area (Å²) in [6.45, 7) is 1.31. The summed E-state index contributed by atoms with van der Waals surface area (Å²) in [5.74, 6) is 0.327. The Hall–Kier alpha value is -2.97. The first kappa shape index (κ1) is 20.3. The van der Waals surface area contributed by atoms with Gasteiger partial charge in [-0.25, -0.2) is 8.42 Å². The van der Waals surface area contributed by atoms with Crippen LogP contribution in [0.3, 0.4) is 0 Å². The van der Waals surface area contributed by atoms with Crippen molar-refractivity contribution in [3.8, 4) is 11.3 Å². The van der Waals surface area contributed by atoms with Crippen molar-refractivity contribution in [1.82, 2.24) is 14.8 Å². The van der Waals surface area contributed by atoms with Gasteiger partial charge in [-0.3, -0.25) is 4.79 Å². The molecular formula is C22H23N3O4S. The second kappa shape index (κ2) is 8.81. The fourth-order valence-corrected chi connectivity index (χ4v) is 4.96. The molecule has 1 aliphatic rings. The largest absolute Gasteiger partial charge is 0.356 e. The zero-order valence-electron chi connectivity index (χ0n) is 16.5. The molecule has 0 radical (unpaired) electrons. The van der Waals surface area contributed by atoms with Crippen molar-refractivity contribution in [1.29, 1.82) is 0 Å². The van der Waals surface area contributed by atoms with E-state index in [0.29, 0.717) is 30.1 Å². The third-order valence-corrected chi connectivity index (χ3v) is 7.03. The van der Waals surface area contributed by atoms with Crippen molar-refractivity contribution in [3.63, 3.8) is 0 Å². The summed E-state index contributed by atoms with van der Waals surface area (Å²) < 4.78 is 32.3. The van der Waals surface area contributed by atoms with Crippen molar-refractivity contribution in [2.24, 2.45) is 0 Å². The van der Waals surface area contributed by atoms with Crippen LogP contribution in [0.4, 0.5) is 0 Å². The van der Waals surface area contributed by atoms with Crippen molar-refractivity contribution in [2.45, 2.75) is 30.7 Å². The molecule has 0 saturated carbocycles. The Labute approximate surface area is 175 Å². The van der Waals surface area contributed by atoms with Crippen LogP contribution in [0, 0.1) is 0 Å². The van der Waals surface area contributed by atoms with Crippen LogP contribution in [0.1, 0.15) is 35.3 Å². The summed E-state index contributed by atoms with van der Waals surface area (Å²) in [5, 5.41) is 6.76. The molecule has 1 saturated heterocycles. The molecule has 0 spiro atoms. The van der Waals surface area contributed by atoms with Gasteiger partial charge in [0, 0.05) is 30.3 Å². The van der Waals surface area contributed by atoms with E-state index in [1.54, 1.807) is 6.07 Å². The van der Waals surface area contributed by atoms with Crippen molar-refractivity contribution in [3.05, 3.63) is 71.9 Å². The Kier molecular flexibility index (Phi) is 5.96. The lowest BCUT2D eigenvalue weighted by atomic mass is 10.1. The molecule has 0 unspecified atom stereocenters. The van der Waals surface area contributed by atoms with Crippen molar-refractivity contribution in [2.75, 3.05) is 13.1 Å². The Morgan fingerprint density at radius 2 is 1.70 bits per heavy atom. The molecule has 1 N–H and O–H groups in total. The molecule has 1 amide bonds. The van der Waals surface area contributed by atoms with Gasteiger partial charge in [-0.15, -0.1) is 0 Å². The highest BCUT2D eigenvalue weighted by Gasteiger charge is 2.25. The van der Waals surface area contributed by atoms with Crippen LogP contribution >= 0.6 is 0 Å². The van der Waals surface area contributed by atoms with E-state index in [1.165, 1.54) is 28.6 Å². The van der Waals surface area contributed by atoms with E-state index < -0.39 is 10.0 Å². The van der Waals surface area contributed by atoms with Gasteiger partial charge in [0.2, 0.25) is 10.0 Å². The van der Waals surface area contributed by atoms with Crippen LogP contribution in [0.25, 0.3) is 11.3 Å². The number of aromatic nitrogens is 1. The maximum atomic E-state index is 12.7. The minimum atomic E-state index is -3.50. The van der Waals surface area contributed by atoms with Crippen LogP contribution in [0.2, 0.25) is 0 Å². The lowest BCUT2D eigenvalue weighted by Gasteiger charge is -2.25. The molecule has 1 fully saturated rings. The zero-order chi connectivity index (χ0) is 21.0. The molecule has 7 nitrogen and oxygen atoms in total. The van der Waals surface area contributed by atoms with E-state index in [-0.39, 0.29) is 17.3 Å². The standard InChI is InChI=1S/C22H23N3O4S/c26-22(23-16-19-15-21(29-24-19)17-7-3-1-4-8-17)18-9-11-20(12-10-18)30(27,28)25-13-5-2-6-14-25/h1,3-4,7-12,15H,2,5-6,13-14,16H2,(H,23,26). The van der Waals surface area contributed by atoms with Crippen LogP contribution in [0.5, 0.6) is 0 Å². The number of carbonyl (C=O) groups is 1. The summed E-state index contributed by atoms with van der Waals surface area (Å²) in [5.41, 5.74) is 1.90. The smallest absolute Gasteiger partial charge is 0.251 e. The molecule has 0 aliphatic carbocycles. The van der Waals surface area contributed by atoms with Gasteiger partial charge >= 0.3 is 0 Å². The van der Waals surface area contributed by atoms with Gasteiger partial charge in [0.05, 0.1) is 11.4 Å². The number of hydrogen-bond acceptors (Lipinski definition) is 5. The van der Waals surface area contributed by atoms with Crippen LogP contribution < -0.4 is 5.32 Å². The number of nitrogens with one attached hydrogen (secondary N) is 1. The lowest BCUT2D eigenvalue weighted by molar-refractivity contribution is 0.0950. The first-order valence-electron chi connectivity index (χ1n) is 9.93. The first-order chi connectivity index (χ1) is 14.5. The van der Waals surface area contributed by atoms with Crippen LogP contribution in [0.15, 0.2) is 70.1 Å². The molecule has 1 aromatic heterocycles. The van der Waals surface area contributed by atoms with Gasteiger partial charge < -0.3 is 9.84 Å². The van der Waals surface area contributed by atoms with E-state index in [4.69, 9.17) is 4.52 Å². The predicted molar refractivity (Wildman–Crippen MR) is 112 cm³/mol. The van der Waals surface area contributed by atoms with E-state index in [9.17, 15) is 13.2 Å². The van der Waals surface area contributed by atoms with Crippen LogP contribution in [-0.2, 0) is 16.6 Å². The van der Waals surface area contributed by atoms with Crippen molar-refractivity contribution < 1.29 is 17.7 Å². The second-order valence-electron chi connectivity index (χ2n) is 7.22. The highest BCUT2D eigenvalue weighted by atomic mass is 32.2. The maximum Gasteiger partial charge on any atom is 0.251 e. The van der Waals surface area contributed by atoms with Gasteiger partial charge in [-0.05, 0) is 37.1 Å². The van der Waals surface area contributed by atoms with Gasteiger partial charge in [0.1, 0.15) is 5.69 Å². The number of benzene rings is 2. The van der Waals surface area contributed by atoms with E-state index in [2.05, 4.69) is 10.5 Å². The minimum Gasteiger partial charge on any atom is -0.356 e. The first-order valence-corrected chi connectivity index (χ1v) is 11.4. The summed E-state index contributed by atoms with van der Waals surface area (Å²) >= 11 is 0. The van der Waals surface area contributed by atoms with Gasteiger partial charge in [-0.2, -0.15) is 4.31 Å². The molecular weight excluding hydrogens is 402 g/mol. The number of piperidine rings is 1. The number of rotatable bonds is 6. The molecule has 4 rings (SSSR count). The summed E-state index contributed by atoms with van der Waals surface area (Å²) in [6, 6.07) is 17.4. The Bertz CT molecular complexity index is 1100. The monoisotopic (exact) mass is 425 g/mol. The molecule has 0 atom stereocenters. The van der Waals surface area contributed by atoms with Crippen LogP contribution in [-0.4, -0.2) is 36.9 Å². The molecule has 0 bridgehead atoms. The normalized spacial score (nSPS) is 15.1. The van der Waals surface area contributed by atoms with E-state index in [0.717, 1.165) is 24.8 Å². The Morgan fingerprint density at radius 3 is 2.40 bits per heavy atom. The summed E-state index contributed by atoms with van der Waals surface area (Å²) in [7, 11) is -3.50. The number of sulfonamides is 1. The zero-order valence-corrected chi connectivity index (χ0v) is 17.3. The summed E-state index contributed by atoms with van der Waals surface area (Å²) in [4.78, 5) is 12.6. The van der Waals surface area contributed by atoms with Gasteiger partial charge in [0.25, 0.3) is 5.91 Å². The van der Waals surface area contributed by atoms with E-state index >= 15 is 0 Å². The molecule has 2 aromatic carbocycles. The predicted octanol–water partition coefficient (Wildman–Crippen LogP) is 3.45.